The summed E-state index contributed by atoms with van der Waals surface area (Å²) in [5, 5.41) is 11.7. The van der Waals surface area contributed by atoms with E-state index in [1.807, 2.05) is 24.3 Å². The maximum Gasteiger partial charge on any atom is 0.227 e. The Morgan fingerprint density at radius 3 is 2.27 bits per heavy atom. The van der Waals surface area contributed by atoms with Crippen molar-refractivity contribution in [2.75, 3.05) is 17.7 Å². The van der Waals surface area contributed by atoms with E-state index in [1.54, 1.807) is 31.2 Å². The van der Waals surface area contributed by atoms with E-state index in [2.05, 4.69) is 5.32 Å². The molecule has 0 fully saturated rings. The van der Waals surface area contributed by atoms with E-state index in [9.17, 15) is 18.0 Å². The number of para-hydroxylation sites is 1. The molecule has 158 valence electrons. The van der Waals surface area contributed by atoms with Crippen LogP contribution in [-0.4, -0.2) is 33.0 Å². The van der Waals surface area contributed by atoms with Crippen LogP contribution in [0.2, 0.25) is 0 Å². The van der Waals surface area contributed by atoms with Crippen molar-refractivity contribution in [3.63, 3.8) is 0 Å². The average Bonchev–Trinajstić information content (AvgIpc) is 2.72. The Morgan fingerprint density at radius 1 is 1.07 bits per heavy atom. The van der Waals surface area contributed by atoms with Gasteiger partial charge in [-0.15, -0.1) is 0 Å². The second-order valence-electron chi connectivity index (χ2n) is 6.92. The number of nitrogens with zero attached hydrogens (tertiary/aromatic N) is 2. The van der Waals surface area contributed by atoms with E-state index in [0.717, 1.165) is 11.8 Å². The van der Waals surface area contributed by atoms with Crippen molar-refractivity contribution in [1.29, 1.82) is 5.26 Å². The summed E-state index contributed by atoms with van der Waals surface area (Å²) in [5.41, 5.74) is 1.46. The number of nitrogens with one attached hydrogen (secondary N) is 1. The zero-order valence-corrected chi connectivity index (χ0v) is 17.9. The van der Waals surface area contributed by atoms with Gasteiger partial charge in [-0.2, -0.15) is 5.26 Å². The molecule has 2 aromatic rings. The molecule has 1 unspecified atom stereocenters. The lowest BCUT2D eigenvalue weighted by molar-refractivity contribution is -0.125. The number of anilines is 1. The lowest BCUT2D eigenvalue weighted by Crippen LogP contribution is -2.33. The zero-order valence-electron chi connectivity index (χ0n) is 17.0. The molecule has 7 nitrogen and oxygen atoms in total. The summed E-state index contributed by atoms with van der Waals surface area (Å²) in [7, 11) is -3.27. The molecule has 8 heteroatoms. The highest BCUT2D eigenvalue weighted by molar-refractivity contribution is 7.90. The van der Waals surface area contributed by atoms with Crippen LogP contribution in [-0.2, 0) is 19.4 Å². The van der Waals surface area contributed by atoms with Crippen molar-refractivity contribution >= 4 is 27.3 Å². The molecule has 30 heavy (non-hydrogen) atoms. The number of benzene rings is 2. The Hall–Kier alpha value is -3.18. The third kappa shape index (κ3) is 6.71. The van der Waals surface area contributed by atoms with Crippen LogP contribution in [0.15, 0.2) is 59.5 Å². The molecular weight excluding hydrogens is 402 g/mol. The molecule has 1 atom stereocenters. The lowest BCUT2D eigenvalue weighted by atomic mass is 10.1. The third-order valence-electron chi connectivity index (χ3n) is 4.57. The molecule has 2 aromatic carbocycles. The lowest BCUT2D eigenvalue weighted by Gasteiger charge is -2.22. The molecule has 0 heterocycles. The Balaban J connectivity index is 1.93. The number of amides is 2. The van der Waals surface area contributed by atoms with Crippen LogP contribution < -0.4 is 10.2 Å². The van der Waals surface area contributed by atoms with E-state index in [1.165, 1.54) is 17.0 Å². The number of carbonyl (C=O) groups is 2. The van der Waals surface area contributed by atoms with Crippen LogP contribution in [0, 0.1) is 11.3 Å². The first-order chi connectivity index (χ1) is 14.2. The Labute approximate surface area is 177 Å². The van der Waals surface area contributed by atoms with E-state index < -0.39 is 9.84 Å². The molecule has 2 rings (SSSR count). The van der Waals surface area contributed by atoms with Gasteiger partial charge in [0.25, 0.3) is 0 Å². The summed E-state index contributed by atoms with van der Waals surface area (Å²) in [6, 6.07) is 17.1. The van der Waals surface area contributed by atoms with Gasteiger partial charge in [-0.25, -0.2) is 8.42 Å². The summed E-state index contributed by atoms with van der Waals surface area (Å²) in [5.74, 6) is -0.506. The van der Waals surface area contributed by atoms with Crippen molar-refractivity contribution in [2.24, 2.45) is 0 Å². The van der Waals surface area contributed by atoms with Gasteiger partial charge in [0.05, 0.1) is 23.4 Å². The van der Waals surface area contributed by atoms with Crippen LogP contribution in [0.4, 0.5) is 5.69 Å². The largest absolute Gasteiger partial charge is 0.350 e. The van der Waals surface area contributed by atoms with Crippen molar-refractivity contribution in [1.82, 2.24) is 5.32 Å². The summed E-state index contributed by atoms with van der Waals surface area (Å²) in [6.07, 6.45) is 1.37. The summed E-state index contributed by atoms with van der Waals surface area (Å²) in [4.78, 5) is 26.7. The van der Waals surface area contributed by atoms with E-state index >= 15 is 0 Å². The van der Waals surface area contributed by atoms with Crippen molar-refractivity contribution < 1.29 is 18.0 Å². The van der Waals surface area contributed by atoms with Crippen LogP contribution in [0.5, 0.6) is 0 Å². The molecule has 1 N–H and O–H groups in total. The first-order valence-corrected chi connectivity index (χ1v) is 11.4. The highest BCUT2D eigenvalue weighted by Crippen LogP contribution is 2.18. The molecule has 2 amide bonds. The third-order valence-corrected chi connectivity index (χ3v) is 5.70. The van der Waals surface area contributed by atoms with Gasteiger partial charge in [0.2, 0.25) is 11.8 Å². The van der Waals surface area contributed by atoms with Crippen molar-refractivity contribution in [2.45, 2.75) is 37.1 Å². The van der Waals surface area contributed by atoms with E-state index in [4.69, 9.17) is 5.26 Å². The molecule has 0 bridgehead atoms. The van der Waals surface area contributed by atoms with Crippen LogP contribution in [0.3, 0.4) is 0 Å². The fourth-order valence-electron chi connectivity index (χ4n) is 2.92. The quantitative estimate of drug-likeness (QED) is 0.662. The minimum absolute atomic E-state index is 0.0144. The monoisotopic (exact) mass is 427 g/mol. The van der Waals surface area contributed by atoms with Gasteiger partial charge < -0.3 is 10.2 Å². The van der Waals surface area contributed by atoms with Crippen LogP contribution >= 0.6 is 0 Å². The average molecular weight is 428 g/mol. The number of rotatable bonds is 9. The van der Waals surface area contributed by atoms with Gasteiger partial charge in [-0.1, -0.05) is 30.3 Å². The molecular formula is C22H25N3O4S. The SMILES string of the molecule is CC(NC(=O)CCC(=O)N(CCC#N)c1ccccc1)c1ccc(S(C)(=O)=O)cc1. The van der Waals surface area contributed by atoms with Crippen molar-refractivity contribution in [3.05, 3.63) is 60.2 Å². The molecule has 0 aliphatic heterocycles. The van der Waals surface area contributed by atoms with Crippen molar-refractivity contribution in [3.8, 4) is 6.07 Å². The standard InChI is InChI=1S/C22H25N3O4S/c1-17(18-9-11-20(12-10-18)30(2,28)29)24-21(26)13-14-22(27)25(16-6-15-23)19-7-4-3-5-8-19/h3-5,7-12,17H,6,13-14,16H2,1-2H3,(H,24,26). The summed E-state index contributed by atoms with van der Waals surface area (Å²) in [6.45, 7) is 2.06. The Morgan fingerprint density at radius 2 is 1.70 bits per heavy atom. The van der Waals surface area contributed by atoms with E-state index in [-0.39, 0.29) is 48.6 Å². The second-order valence-corrected chi connectivity index (χ2v) is 8.94. The maximum atomic E-state index is 12.6. The highest BCUT2D eigenvalue weighted by Gasteiger charge is 2.18. The number of hydrogen-bond acceptors (Lipinski definition) is 5. The van der Waals surface area contributed by atoms with Crippen LogP contribution in [0.25, 0.3) is 0 Å². The fourth-order valence-corrected chi connectivity index (χ4v) is 3.55. The minimum atomic E-state index is -3.27. The first-order valence-electron chi connectivity index (χ1n) is 9.54. The molecule has 0 aliphatic carbocycles. The Bertz CT molecular complexity index is 1010. The number of carbonyl (C=O) groups excluding carboxylic acids is 2. The predicted molar refractivity (Wildman–Crippen MR) is 114 cm³/mol. The van der Waals surface area contributed by atoms with Gasteiger partial charge in [0, 0.05) is 31.3 Å². The maximum absolute atomic E-state index is 12.6. The zero-order chi connectivity index (χ0) is 22.1. The second kappa shape index (κ2) is 10.6. The molecule has 0 saturated carbocycles. The topological polar surface area (TPSA) is 107 Å². The van der Waals surface area contributed by atoms with Gasteiger partial charge in [-0.3, -0.25) is 9.59 Å². The minimum Gasteiger partial charge on any atom is -0.350 e. The van der Waals surface area contributed by atoms with Gasteiger partial charge in [0.1, 0.15) is 0 Å². The normalized spacial score (nSPS) is 11.9. The molecule has 0 aromatic heterocycles. The first kappa shape index (κ1) is 23.1. The number of sulfone groups is 1. The summed E-state index contributed by atoms with van der Waals surface area (Å²) < 4.78 is 23.1. The highest BCUT2D eigenvalue weighted by atomic mass is 32.2. The molecule has 0 radical (unpaired) electrons. The van der Waals surface area contributed by atoms with Crippen LogP contribution in [0.1, 0.15) is 37.8 Å². The Kier molecular flexibility index (Phi) is 8.13. The van der Waals surface area contributed by atoms with Gasteiger partial charge in [0.15, 0.2) is 9.84 Å². The number of hydrogen-bond donors (Lipinski definition) is 1. The number of nitriles is 1. The fraction of sp³-hybridized carbons (Fsp3) is 0.318. The van der Waals surface area contributed by atoms with Gasteiger partial charge >= 0.3 is 0 Å². The molecule has 0 spiro atoms. The molecule has 0 aliphatic rings. The predicted octanol–water partition coefficient (Wildman–Crippen LogP) is 2.99. The van der Waals surface area contributed by atoms with Gasteiger partial charge in [-0.05, 0) is 36.8 Å². The smallest absolute Gasteiger partial charge is 0.227 e. The summed E-state index contributed by atoms with van der Waals surface area (Å²) >= 11 is 0. The van der Waals surface area contributed by atoms with E-state index in [0.29, 0.717) is 5.69 Å². The molecule has 0 saturated heterocycles.